The number of hydrogen-bond donors (Lipinski definition) is 2. The Bertz CT molecular complexity index is 462. The minimum absolute atomic E-state index is 0.0441. The van der Waals surface area contributed by atoms with Gasteiger partial charge in [0.15, 0.2) is 0 Å². The van der Waals surface area contributed by atoms with Crippen molar-refractivity contribution in [2.24, 2.45) is 0 Å². The predicted octanol–water partition coefficient (Wildman–Crippen LogP) is 1.17. The molecule has 0 fully saturated rings. The van der Waals surface area contributed by atoms with Gasteiger partial charge in [0.05, 0.1) is 12.2 Å². The Labute approximate surface area is 111 Å². The second-order valence-electron chi connectivity index (χ2n) is 5.22. The normalized spacial score (nSPS) is 12.8. The number of aliphatic carboxylic acids is 1. The van der Waals surface area contributed by atoms with Crippen molar-refractivity contribution >= 4 is 12.1 Å². The first kappa shape index (κ1) is 15.0. The van der Waals surface area contributed by atoms with Crippen molar-refractivity contribution in [2.75, 3.05) is 0 Å². The highest BCUT2D eigenvalue weighted by Crippen LogP contribution is 2.07. The summed E-state index contributed by atoms with van der Waals surface area (Å²) in [5.74, 6) is -1.14. The minimum Gasteiger partial charge on any atom is -0.480 e. The number of carboxylic acids is 1. The summed E-state index contributed by atoms with van der Waals surface area (Å²) in [4.78, 5) is 22.6. The number of amides is 1. The second-order valence-corrected chi connectivity index (χ2v) is 5.22. The maximum Gasteiger partial charge on any atom is 0.408 e. The molecule has 0 saturated carbocycles. The molecule has 1 unspecified atom stereocenters. The van der Waals surface area contributed by atoms with Gasteiger partial charge in [-0.2, -0.15) is 5.10 Å². The fourth-order valence-electron chi connectivity index (χ4n) is 1.39. The molecule has 1 rings (SSSR count). The zero-order chi connectivity index (χ0) is 14.6. The van der Waals surface area contributed by atoms with E-state index in [1.807, 2.05) is 0 Å². The van der Waals surface area contributed by atoms with Crippen LogP contribution < -0.4 is 5.32 Å². The molecule has 2 N–H and O–H groups in total. The Kier molecular flexibility index (Phi) is 4.52. The molecule has 7 nitrogen and oxygen atoms in total. The van der Waals surface area contributed by atoms with Crippen LogP contribution in [0.15, 0.2) is 12.3 Å². The molecule has 0 aliphatic rings. The Hall–Kier alpha value is -2.05. The standard InChI is InChI=1S/C12H19N3O4/c1-8-5-6-15(14-8)7-9(10(16)17)13-11(18)19-12(2,3)4/h5-6,9H,7H2,1-4H3,(H,13,18)(H,16,17). The lowest BCUT2D eigenvalue weighted by molar-refractivity contribution is -0.139. The van der Waals surface area contributed by atoms with E-state index in [2.05, 4.69) is 10.4 Å². The van der Waals surface area contributed by atoms with Gasteiger partial charge in [0.2, 0.25) is 0 Å². The average Bonchev–Trinajstić information content (AvgIpc) is 2.60. The summed E-state index contributed by atoms with van der Waals surface area (Å²) < 4.78 is 6.48. The lowest BCUT2D eigenvalue weighted by Crippen LogP contribution is -2.45. The third kappa shape index (κ3) is 5.41. The van der Waals surface area contributed by atoms with Gasteiger partial charge in [-0.25, -0.2) is 9.59 Å². The molecule has 0 aliphatic carbocycles. The van der Waals surface area contributed by atoms with Crippen LogP contribution in [0.25, 0.3) is 0 Å². The van der Waals surface area contributed by atoms with E-state index >= 15 is 0 Å². The van der Waals surface area contributed by atoms with Crippen LogP contribution in [0, 0.1) is 6.92 Å². The Balaban J connectivity index is 2.63. The topological polar surface area (TPSA) is 93.5 Å². The molecule has 1 atom stereocenters. The summed E-state index contributed by atoms with van der Waals surface area (Å²) in [6.45, 7) is 6.97. The van der Waals surface area contributed by atoms with E-state index in [1.54, 1.807) is 40.0 Å². The van der Waals surface area contributed by atoms with Crippen LogP contribution in [0.2, 0.25) is 0 Å². The van der Waals surface area contributed by atoms with Crippen LogP contribution in [0.5, 0.6) is 0 Å². The van der Waals surface area contributed by atoms with Crippen molar-refractivity contribution in [1.29, 1.82) is 0 Å². The highest BCUT2D eigenvalue weighted by Gasteiger charge is 2.24. The van der Waals surface area contributed by atoms with Crippen LogP contribution >= 0.6 is 0 Å². The average molecular weight is 269 g/mol. The number of ether oxygens (including phenoxy) is 1. The molecule has 0 spiro atoms. The quantitative estimate of drug-likeness (QED) is 0.855. The van der Waals surface area contributed by atoms with Crippen LogP contribution in [0.4, 0.5) is 4.79 Å². The predicted molar refractivity (Wildman–Crippen MR) is 67.8 cm³/mol. The molecule has 1 heterocycles. The summed E-state index contributed by atoms with van der Waals surface area (Å²) >= 11 is 0. The monoisotopic (exact) mass is 269 g/mol. The maximum absolute atomic E-state index is 11.5. The Morgan fingerprint density at radius 2 is 2.16 bits per heavy atom. The van der Waals surface area contributed by atoms with Gasteiger partial charge in [0.1, 0.15) is 11.6 Å². The number of alkyl carbamates (subject to hydrolysis) is 1. The number of carbonyl (C=O) groups excluding carboxylic acids is 1. The molecular weight excluding hydrogens is 250 g/mol. The largest absolute Gasteiger partial charge is 0.480 e. The first-order valence-corrected chi connectivity index (χ1v) is 5.90. The van der Waals surface area contributed by atoms with E-state index in [0.717, 1.165) is 5.69 Å². The van der Waals surface area contributed by atoms with Gasteiger partial charge < -0.3 is 15.2 Å². The van der Waals surface area contributed by atoms with Crippen molar-refractivity contribution in [3.63, 3.8) is 0 Å². The molecule has 19 heavy (non-hydrogen) atoms. The minimum atomic E-state index is -1.14. The lowest BCUT2D eigenvalue weighted by Gasteiger charge is -2.22. The number of carboxylic acid groups (broad SMARTS) is 1. The van der Waals surface area contributed by atoms with Crippen LogP contribution in [0.1, 0.15) is 26.5 Å². The summed E-state index contributed by atoms with van der Waals surface area (Å²) in [7, 11) is 0. The van der Waals surface area contributed by atoms with E-state index in [1.165, 1.54) is 4.68 Å². The van der Waals surface area contributed by atoms with Crippen molar-refractivity contribution in [3.05, 3.63) is 18.0 Å². The highest BCUT2D eigenvalue weighted by atomic mass is 16.6. The smallest absolute Gasteiger partial charge is 0.408 e. The SMILES string of the molecule is Cc1ccn(CC(NC(=O)OC(C)(C)C)C(=O)O)n1. The molecule has 106 valence electrons. The van der Waals surface area contributed by atoms with Crippen molar-refractivity contribution in [2.45, 2.75) is 45.9 Å². The number of nitrogens with zero attached hydrogens (tertiary/aromatic N) is 2. The maximum atomic E-state index is 11.5. The zero-order valence-corrected chi connectivity index (χ0v) is 11.5. The molecule has 0 radical (unpaired) electrons. The van der Waals surface area contributed by atoms with Crippen molar-refractivity contribution < 1.29 is 19.4 Å². The van der Waals surface area contributed by atoms with Gasteiger partial charge >= 0.3 is 12.1 Å². The number of aryl methyl sites for hydroxylation is 1. The Morgan fingerprint density at radius 3 is 2.58 bits per heavy atom. The summed E-state index contributed by atoms with van der Waals surface area (Å²) in [5, 5.41) is 15.5. The summed E-state index contributed by atoms with van der Waals surface area (Å²) in [5.41, 5.74) is 0.108. The molecule has 0 aliphatic heterocycles. The molecular formula is C12H19N3O4. The first-order valence-electron chi connectivity index (χ1n) is 5.90. The number of nitrogens with one attached hydrogen (secondary N) is 1. The van der Waals surface area contributed by atoms with E-state index in [-0.39, 0.29) is 6.54 Å². The van der Waals surface area contributed by atoms with E-state index in [4.69, 9.17) is 9.84 Å². The van der Waals surface area contributed by atoms with Crippen molar-refractivity contribution in [1.82, 2.24) is 15.1 Å². The van der Waals surface area contributed by atoms with E-state index < -0.39 is 23.7 Å². The first-order chi connectivity index (χ1) is 8.67. The highest BCUT2D eigenvalue weighted by molar-refractivity contribution is 5.79. The third-order valence-corrected chi connectivity index (χ3v) is 2.13. The van der Waals surface area contributed by atoms with Gasteiger partial charge in [0.25, 0.3) is 0 Å². The van der Waals surface area contributed by atoms with Gasteiger partial charge in [-0.1, -0.05) is 0 Å². The number of hydrogen-bond acceptors (Lipinski definition) is 4. The van der Waals surface area contributed by atoms with Gasteiger partial charge in [-0.3, -0.25) is 4.68 Å². The number of aromatic nitrogens is 2. The van der Waals surface area contributed by atoms with E-state index in [9.17, 15) is 9.59 Å². The molecule has 1 aromatic rings. The van der Waals surface area contributed by atoms with Gasteiger partial charge in [-0.05, 0) is 33.8 Å². The van der Waals surface area contributed by atoms with Gasteiger partial charge in [-0.15, -0.1) is 0 Å². The molecule has 0 saturated heterocycles. The van der Waals surface area contributed by atoms with Crippen LogP contribution in [-0.4, -0.2) is 38.6 Å². The van der Waals surface area contributed by atoms with Crippen LogP contribution in [-0.2, 0) is 16.1 Å². The lowest BCUT2D eigenvalue weighted by atomic mass is 10.2. The third-order valence-electron chi connectivity index (χ3n) is 2.13. The zero-order valence-electron chi connectivity index (χ0n) is 11.5. The molecule has 1 amide bonds. The molecule has 0 aromatic carbocycles. The van der Waals surface area contributed by atoms with Crippen molar-refractivity contribution in [3.8, 4) is 0 Å². The molecule has 0 bridgehead atoms. The summed E-state index contributed by atoms with van der Waals surface area (Å²) in [6, 6.07) is 0.668. The molecule has 7 heteroatoms. The van der Waals surface area contributed by atoms with Crippen LogP contribution in [0.3, 0.4) is 0 Å². The second kappa shape index (κ2) is 5.73. The number of rotatable bonds is 4. The fraction of sp³-hybridized carbons (Fsp3) is 0.583. The Morgan fingerprint density at radius 1 is 1.53 bits per heavy atom. The van der Waals surface area contributed by atoms with Gasteiger partial charge in [0, 0.05) is 6.20 Å². The van der Waals surface area contributed by atoms with E-state index in [0.29, 0.717) is 0 Å². The number of carbonyl (C=O) groups is 2. The summed E-state index contributed by atoms with van der Waals surface area (Å²) in [6.07, 6.45) is 0.894. The fourth-order valence-corrected chi connectivity index (χ4v) is 1.39. The molecule has 1 aromatic heterocycles.